The Hall–Kier alpha value is -5.60. The SMILES string of the molecule is Cc1nc(N(CCOCCOCCOCCOCc2cn(CCOCCOCCOCCOCCC(=O)Oc3c(F)cc(F)cc3F)nn2)Cc2ccccc2F)c2cnn([C@@H]3O[C@H](COP(=O)(O)CP(=O)(O)O)C(=O)C3=O)c2n1. The zero-order valence-electron chi connectivity index (χ0n) is 43.2. The molecule has 440 valence electrons. The third-order valence-electron chi connectivity index (χ3n) is 10.9. The minimum absolute atomic E-state index is 0.0319. The third kappa shape index (κ3) is 21.1. The molecule has 5 aromatic rings. The molecule has 1 aliphatic rings. The summed E-state index contributed by atoms with van der Waals surface area (Å²) in [7, 11) is -9.83. The van der Waals surface area contributed by atoms with Crippen LogP contribution in [0.5, 0.6) is 5.75 Å². The zero-order chi connectivity index (χ0) is 57.5. The second-order valence-electron chi connectivity index (χ2n) is 17.1. The molecule has 3 atom stereocenters. The number of esters is 1. The van der Waals surface area contributed by atoms with Gasteiger partial charge in [-0.1, -0.05) is 23.4 Å². The Labute approximate surface area is 454 Å². The lowest BCUT2D eigenvalue weighted by Crippen LogP contribution is -2.29. The van der Waals surface area contributed by atoms with Crippen LogP contribution in [0.2, 0.25) is 0 Å². The van der Waals surface area contributed by atoms with Gasteiger partial charge < -0.3 is 71.5 Å². The summed E-state index contributed by atoms with van der Waals surface area (Å²) in [6, 6.07) is 6.98. The second kappa shape index (κ2) is 32.1. The van der Waals surface area contributed by atoms with Gasteiger partial charge >= 0.3 is 21.2 Å². The number of aryl methyl sites for hydroxylation is 1. The van der Waals surface area contributed by atoms with E-state index in [0.29, 0.717) is 94.0 Å². The van der Waals surface area contributed by atoms with Crippen molar-refractivity contribution in [1.29, 1.82) is 0 Å². The van der Waals surface area contributed by atoms with Gasteiger partial charge in [0, 0.05) is 30.8 Å². The van der Waals surface area contributed by atoms with Crippen LogP contribution in [-0.2, 0) is 90.4 Å². The second-order valence-corrected chi connectivity index (χ2v) is 21.1. The lowest BCUT2D eigenvalue weighted by Gasteiger charge is -2.25. The summed E-state index contributed by atoms with van der Waals surface area (Å²) in [5, 5.41) is 12.7. The van der Waals surface area contributed by atoms with Crippen molar-refractivity contribution in [2.24, 2.45) is 0 Å². The number of halogens is 4. The van der Waals surface area contributed by atoms with Crippen LogP contribution in [0.25, 0.3) is 11.0 Å². The van der Waals surface area contributed by atoms with Crippen molar-refractivity contribution in [3.63, 3.8) is 0 Å². The van der Waals surface area contributed by atoms with Crippen LogP contribution in [-0.4, -0.2) is 191 Å². The van der Waals surface area contributed by atoms with E-state index in [9.17, 15) is 46.0 Å². The normalized spacial score (nSPS) is 15.6. The molecule has 0 amide bonds. The number of ether oxygens (including phenoxy) is 10. The Kier molecular flexibility index (Phi) is 25.5. The summed E-state index contributed by atoms with van der Waals surface area (Å²) in [6.07, 6.45) is -0.555. The van der Waals surface area contributed by atoms with Crippen LogP contribution in [0.3, 0.4) is 0 Å². The summed E-state index contributed by atoms with van der Waals surface area (Å²) in [5.74, 6) is -9.35. The van der Waals surface area contributed by atoms with E-state index in [1.165, 1.54) is 12.3 Å². The smallest absolute Gasteiger partial charge is 0.340 e. The number of aromatic nitrogens is 7. The number of rotatable bonds is 39. The van der Waals surface area contributed by atoms with E-state index >= 15 is 0 Å². The van der Waals surface area contributed by atoms with Gasteiger partial charge in [-0.2, -0.15) is 5.10 Å². The van der Waals surface area contributed by atoms with Gasteiger partial charge in [0.25, 0.3) is 5.78 Å². The predicted octanol–water partition coefficient (Wildman–Crippen LogP) is 2.99. The first-order valence-corrected chi connectivity index (χ1v) is 28.2. The first kappa shape index (κ1) is 63.6. The highest BCUT2D eigenvalue weighted by molar-refractivity contribution is 7.70. The van der Waals surface area contributed by atoms with Gasteiger partial charge in [0.1, 0.15) is 29.0 Å². The maximum Gasteiger partial charge on any atom is 0.340 e. The first-order valence-electron chi connectivity index (χ1n) is 24.7. The van der Waals surface area contributed by atoms with Crippen LogP contribution in [0.1, 0.15) is 29.7 Å². The summed E-state index contributed by atoms with van der Waals surface area (Å²) in [5.41, 5.74) is 1.04. The molecule has 3 N–H and O–H groups in total. The molecule has 2 aromatic carbocycles. The van der Waals surface area contributed by atoms with Crippen LogP contribution < -0.4 is 9.64 Å². The molecule has 33 heteroatoms. The van der Waals surface area contributed by atoms with E-state index < -0.39 is 86.6 Å². The molecule has 0 saturated carbocycles. The van der Waals surface area contributed by atoms with Crippen molar-refractivity contribution in [2.75, 3.05) is 123 Å². The number of Topliss-reactive ketones (excluding diaryl/α,β-unsaturated/α-hetero) is 2. The average molecular weight is 1180 g/mol. The summed E-state index contributed by atoms with van der Waals surface area (Å²) < 4.78 is 140. The number of hydrogen-bond acceptors (Lipinski definition) is 22. The number of carbonyl (C=O) groups is 3. The quantitative estimate of drug-likeness (QED) is 0.0127. The first-order chi connectivity index (χ1) is 38.4. The molecule has 1 aliphatic heterocycles. The number of hydrogen-bond donors (Lipinski definition) is 3. The van der Waals surface area contributed by atoms with Crippen molar-refractivity contribution in [3.05, 3.63) is 89.1 Å². The Morgan fingerprint density at radius 1 is 0.750 bits per heavy atom. The highest BCUT2D eigenvalue weighted by Crippen LogP contribution is 2.55. The predicted molar refractivity (Wildman–Crippen MR) is 266 cm³/mol. The van der Waals surface area contributed by atoms with Crippen molar-refractivity contribution in [1.82, 2.24) is 34.7 Å². The molecule has 0 aliphatic carbocycles. The maximum absolute atomic E-state index is 15.0. The molecule has 3 aromatic heterocycles. The molecular weight excluding hydrogens is 1120 g/mol. The molecule has 1 unspecified atom stereocenters. The van der Waals surface area contributed by atoms with Gasteiger partial charge in [0.05, 0.1) is 143 Å². The fourth-order valence-corrected chi connectivity index (χ4v) is 9.77. The molecule has 27 nitrogen and oxygen atoms in total. The van der Waals surface area contributed by atoms with E-state index in [4.69, 9.17) is 56.9 Å². The molecule has 1 fully saturated rings. The Morgan fingerprint density at radius 2 is 1.34 bits per heavy atom. The highest BCUT2D eigenvalue weighted by atomic mass is 31.2. The fraction of sp³-hybridized carbons (Fsp3) is 0.532. The maximum atomic E-state index is 15.0. The molecule has 0 radical (unpaired) electrons. The number of fused-ring (bicyclic) bond motifs is 1. The minimum atomic E-state index is -4.96. The number of ketones is 2. The standard InChI is InChI=1S/C47H60F4N8O19P2/c1-32-53-45(36-26-52-59(46(36)54-32)47-43(62)42(61)40(77-47)30-76-80(66,67)31-79(63,64)65)57(27-33-4-2-3-5-37(33)49)7-10-69-13-16-72-20-21-74-22-23-75-29-35-28-58(56-55-35)8-11-70-14-17-73-19-18-71-15-12-68-9-6-41(60)78-44-38(50)24-34(48)25-39(44)51/h2-5,24-26,28,40,47H,6-23,27,29-31H2,1H3,(H,66,67)(H2,63,64,65)/t40-,47-/m1/s1. The number of carbonyl (C=O) groups excluding carboxylic acids is 3. The fourth-order valence-electron chi connectivity index (χ4n) is 7.21. The van der Waals surface area contributed by atoms with Gasteiger partial charge in [-0.3, -0.25) is 23.5 Å². The highest BCUT2D eigenvalue weighted by Gasteiger charge is 2.46. The molecule has 0 bridgehead atoms. The van der Waals surface area contributed by atoms with Gasteiger partial charge in [-0.15, -0.1) is 5.10 Å². The van der Waals surface area contributed by atoms with Crippen LogP contribution in [0.15, 0.2) is 48.8 Å². The van der Waals surface area contributed by atoms with E-state index in [0.717, 1.165) is 4.68 Å². The van der Waals surface area contributed by atoms with Gasteiger partial charge in [-0.25, -0.2) is 36.9 Å². The van der Waals surface area contributed by atoms with Gasteiger partial charge in [0.2, 0.25) is 17.8 Å². The average Bonchev–Trinajstić information content (AvgIpc) is 4.30. The number of benzene rings is 2. The number of anilines is 1. The van der Waals surface area contributed by atoms with E-state index in [-0.39, 0.29) is 83.8 Å². The van der Waals surface area contributed by atoms with Crippen LogP contribution in [0.4, 0.5) is 23.4 Å². The number of nitrogens with zero attached hydrogens (tertiary/aromatic N) is 8. The van der Waals surface area contributed by atoms with E-state index in [1.807, 2.05) is 0 Å². The molecule has 0 spiro atoms. The van der Waals surface area contributed by atoms with Crippen molar-refractivity contribution in [3.8, 4) is 5.75 Å². The largest absolute Gasteiger partial charge is 0.420 e. The lowest BCUT2D eigenvalue weighted by molar-refractivity contribution is -0.136. The van der Waals surface area contributed by atoms with Crippen molar-refractivity contribution >= 4 is 49.6 Å². The molecule has 80 heavy (non-hydrogen) atoms. The topological polar surface area (TPSA) is 325 Å². The molecule has 6 rings (SSSR count). The Bertz CT molecular complexity index is 2880. The lowest BCUT2D eigenvalue weighted by atomic mass is 10.2. The van der Waals surface area contributed by atoms with Gasteiger partial charge in [0.15, 0.2) is 29.3 Å². The third-order valence-corrected chi connectivity index (χ3v) is 14.4. The van der Waals surface area contributed by atoms with Crippen molar-refractivity contribution in [2.45, 2.75) is 45.4 Å². The minimum Gasteiger partial charge on any atom is -0.420 e. The molecule has 4 heterocycles. The summed E-state index contributed by atoms with van der Waals surface area (Å²) in [4.78, 5) is 76.4. The zero-order valence-corrected chi connectivity index (χ0v) is 45.0. The van der Waals surface area contributed by atoms with Gasteiger partial charge in [-0.05, 0) is 13.0 Å². The van der Waals surface area contributed by atoms with E-state index in [1.54, 1.807) is 40.9 Å². The Balaban J connectivity index is 0.786. The molecular formula is C47H60F4N8O19P2. The van der Waals surface area contributed by atoms with Crippen LogP contribution in [0, 0.1) is 30.2 Å². The summed E-state index contributed by atoms with van der Waals surface area (Å²) >= 11 is 0. The summed E-state index contributed by atoms with van der Waals surface area (Å²) in [6.45, 7) is 5.30. The van der Waals surface area contributed by atoms with Crippen molar-refractivity contribution < 1.29 is 108 Å². The monoisotopic (exact) mass is 1180 g/mol. The Morgan fingerprint density at radius 3 is 1.96 bits per heavy atom. The molecule has 1 saturated heterocycles. The van der Waals surface area contributed by atoms with E-state index in [2.05, 4.69) is 30.1 Å². The van der Waals surface area contributed by atoms with Crippen LogP contribution >= 0.6 is 15.2 Å².